The maximum atomic E-state index is 9.73. The monoisotopic (exact) mass is 335 g/mol. The third-order valence-corrected chi connectivity index (χ3v) is 4.25. The van der Waals surface area contributed by atoms with Gasteiger partial charge in [-0.25, -0.2) is 0 Å². The summed E-state index contributed by atoms with van der Waals surface area (Å²) in [4.78, 5) is 0. The molecule has 0 fully saturated rings. The van der Waals surface area contributed by atoms with Gasteiger partial charge in [0, 0.05) is 22.8 Å². The van der Waals surface area contributed by atoms with Crippen molar-refractivity contribution in [1.82, 2.24) is 15.1 Å². The number of nitrogens with one attached hydrogen (secondary N) is 1. The van der Waals surface area contributed by atoms with Gasteiger partial charge < -0.3 is 10.4 Å². The van der Waals surface area contributed by atoms with E-state index in [0.717, 1.165) is 16.8 Å². The highest BCUT2D eigenvalue weighted by Crippen LogP contribution is 2.24. The van der Waals surface area contributed by atoms with Crippen molar-refractivity contribution in [3.8, 4) is 0 Å². The number of aliphatic hydroxyl groups is 1. The van der Waals surface area contributed by atoms with Crippen molar-refractivity contribution in [1.29, 1.82) is 0 Å². The van der Waals surface area contributed by atoms with Crippen LogP contribution in [0.4, 0.5) is 0 Å². The molecule has 2 atom stereocenters. The minimum absolute atomic E-state index is 0.0262. The molecule has 0 saturated heterocycles. The number of benzene rings is 1. The first-order valence-electron chi connectivity index (χ1n) is 7.91. The average molecular weight is 336 g/mol. The van der Waals surface area contributed by atoms with Crippen molar-refractivity contribution >= 4 is 11.6 Å². The van der Waals surface area contributed by atoms with Crippen LogP contribution >= 0.6 is 11.6 Å². The van der Waals surface area contributed by atoms with Crippen LogP contribution in [0.3, 0.4) is 0 Å². The topological polar surface area (TPSA) is 50.1 Å². The maximum Gasteiger partial charge on any atom is 0.0641 e. The van der Waals surface area contributed by atoms with Crippen molar-refractivity contribution in [2.24, 2.45) is 0 Å². The smallest absolute Gasteiger partial charge is 0.0641 e. The maximum absolute atomic E-state index is 9.73. The van der Waals surface area contributed by atoms with Crippen LogP contribution in [0.5, 0.6) is 0 Å². The van der Waals surface area contributed by atoms with Gasteiger partial charge in [-0.1, -0.05) is 23.7 Å². The Morgan fingerprint density at radius 3 is 2.35 bits per heavy atom. The first-order valence-corrected chi connectivity index (χ1v) is 8.29. The van der Waals surface area contributed by atoms with Gasteiger partial charge in [0.2, 0.25) is 0 Å². The second-order valence-corrected chi connectivity index (χ2v) is 7.40. The molecule has 1 heterocycles. The predicted octanol–water partition coefficient (Wildman–Crippen LogP) is 3.98. The second-order valence-electron chi connectivity index (χ2n) is 6.96. The Morgan fingerprint density at radius 1 is 1.26 bits per heavy atom. The third kappa shape index (κ3) is 4.34. The van der Waals surface area contributed by atoms with E-state index < -0.39 is 0 Å². The number of aliphatic hydroxyl groups excluding tert-OH is 1. The van der Waals surface area contributed by atoms with E-state index in [2.05, 4.69) is 44.3 Å². The zero-order chi connectivity index (χ0) is 17.2. The Labute approximate surface area is 143 Å². The first kappa shape index (κ1) is 18.0. The normalized spacial score (nSPS) is 14.7. The highest BCUT2D eigenvalue weighted by Gasteiger charge is 2.21. The number of hydrogen-bond acceptors (Lipinski definition) is 3. The zero-order valence-corrected chi connectivity index (χ0v) is 15.2. The Morgan fingerprint density at radius 2 is 1.87 bits per heavy atom. The molecule has 126 valence electrons. The molecule has 0 amide bonds. The van der Waals surface area contributed by atoms with Gasteiger partial charge in [0.1, 0.15) is 0 Å². The molecule has 0 radical (unpaired) electrons. The third-order valence-electron chi connectivity index (χ3n) is 4.00. The number of nitrogens with zero attached hydrogens (tertiary/aromatic N) is 2. The van der Waals surface area contributed by atoms with Crippen LogP contribution in [0.2, 0.25) is 5.02 Å². The SMILES string of the molecule is Cc1nn(C(C)(C)C)cc1C(C)NC(CO)c1ccc(Cl)cc1. The number of aryl methyl sites for hydroxylation is 1. The molecule has 1 aromatic carbocycles. The lowest BCUT2D eigenvalue weighted by atomic mass is 10.0. The molecular weight excluding hydrogens is 310 g/mol. The van der Waals surface area contributed by atoms with Gasteiger partial charge in [0.05, 0.1) is 23.9 Å². The number of rotatable bonds is 5. The van der Waals surface area contributed by atoms with Gasteiger partial charge in [-0.05, 0) is 52.3 Å². The molecule has 0 aliphatic rings. The number of aromatic nitrogens is 2. The van der Waals surface area contributed by atoms with Crippen LogP contribution in [-0.2, 0) is 5.54 Å². The Bertz CT molecular complexity index is 643. The molecular formula is C18H26ClN3O. The molecule has 23 heavy (non-hydrogen) atoms. The van der Waals surface area contributed by atoms with E-state index in [4.69, 9.17) is 11.6 Å². The fourth-order valence-corrected chi connectivity index (χ4v) is 2.71. The van der Waals surface area contributed by atoms with Crippen LogP contribution in [0.25, 0.3) is 0 Å². The molecule has 0 saturated carbocycles. The van der Waals surface area contributed by atoms with E-state index in [-0.39, 0.29) is 24.2 Å². The Kier molecular flexibility index (Phi) is 5.50. The molecule has 4 nitrogen and oxygen atoms in total. The average Bonchev–Trinajstić information content (AvgIpc) is 2.88. The molecule has 2 aromatic rings. The molecule has 2 unspecified atom stereocenters. The molecule has 5 heteroatoms. The Balaban J connectivity index is 2.18. The summed E-state index contributed by atoms with van der Waals surface area (Å²) in [5, 5.41) is 18.5. The number of hydrogen-bond donors (Lipinski definition) is 2. The lowest BCUT2D eigenvalue weighted by Crippen LogP contribution is -2.27. The predicted molar refractivity (Wildman–Crippen MR) is 94.8 cm³/mol. The van der Waals surface area contributed by atoms with Gasteiger partial charge in [-0.2, -0.15) is 5.10 Å². The lowest BCUT2D eigenvalue weighted by molar-refractivity contribution is 0.235. The van der Waals surface area contributed by atoms with Gasteiger partial charge in [-0.15, -0.1) is 0 Å². The first-order chi connectivity index (χ1) is 10.7. The van der Waals surface area contributed by atoms with Gasteiger partial charge in [0.15, 0.2) is 0 Å². The van der Waals surface area contributed by atoms with E-state index in [9.17, 15) is 5.11 Å². The molecule has 0 bridgehead atoms. The lowest BCUT2D eigenvalue weighted by Gasteiger charge is -2.22. The van der Waals surface area contributed by atoms with E-state index in [1.54, 1.807) is 0 Å². The van der Waals surface area contributed by atoms with Gasteiger partial charge >= 0.3 is 0 Å². The summed E-state index contributed by atoms with van der Waals surface area (Å²) in [6.45, 7) is 10.5. The van der Waals surface area contributed by atoms with E-state index >= 15 is 0 Å². The quantitative estimate of drug-likeness (QED) is 0.868. The fraction of sp³-hybridized carbons (Fsp3) is 0.500. The van der Waals surface area contributed by atoms with Gasteiger partial charge in [-0.3, -0.25) is 4.68 Å². The van der Waals surface area contributed by atoms with Crippen molar-refractivity contribution in [3.05, 3.63) is 52.3 Å². The standard InChI is InChI=1S/C18H26ClN3O/c1-12(16-10-22(18(3,4)5)21-13(16)2)20-17(11-23)14-6-8-15(19)9-7-14/h6-10,12,17,20,23H,11H2,1-5H3. The molecule has 1 aromatic heterocycles. The minimum atomic E-state index is -0.139. The van der Waals surface area contributed by atoms with E-state index in [1.165, 1.54) is 0 Å². The van der Waals surface area contributed by atoms with Crippen molar-refractivity contribution < 1.29 is 5.11 Å². The Hall–Kier alpha value is -1.36. The molecule has 2 rings (SSSR count). The molecule has 0 spiro atoms. The van der Waals surface area contributed by atoms with Crippen molar-refractivity contribution in [2.75, 3.05) is 6.61 Å². The van der Waals surface area contributed by atoms with Crippen LogP contribution in [0.15, 0.2) is 30.5 Å². The molecule has 2 N–H and O–H groups in total. The zero-order valence-electron chi connectivity index (χ0n) is 14.5. The number of halogens is 1. The summed E-state index contributed by atoms with van der Waals surface area (Å²) in [5.41, 5.74) is 3.12. The van der Waals surface area contributed by atoms with Crippen LogP contribution in [-0.4, -0.2) is 21.5 Å². The molecule has 0 aliphatic carbocycles. The van der Waals surface area contributed by atoms with Crippen LogP contribution in [0.1, 0.15) is 56.6 Å². The van der Waals surface area contributed by atoms with Crippen molar-refractivity contribution in [3.63, 3.8) is 0 Å². The summed E-state index contributed by atoms with van der Waals surface area (Å²) >= 11 is 5.93. The van der Waals surface area contributed by atoms with E-state index in [1.807, 2.05) is 35.9 Å². The highest BCUT2D eigenvalue weighted by molar-refractivity contribution is 6.30. The second kappa shape index (κ2) is 7.04. The molecule has 0 aliphatic heterocycles. The summed E-state index contributed by atoms with van der Waals surface area (Å²) in [7, 11) is 0. The fourth-order valence-electron chi connectivity index (χ4n) is 2.58. The summed E-state index contributed by atoms with van der Waals surface area (Å²) < 4.78 is 1.99. The minimum Gasteiger partial charge on any atom is -0.394 e. The van der Waals surface area contributed by atoms with E-state index in [0.29, 0.717) is 5.02 Å². The van der Waals surface area contributed by atoms with Crippen LogP contribution < -0.4 is 5.32 Å². The van der Waals surface area contributed by atoms with Crippen molar-refractivity contribution in [2.45, 2.75) is 52.2 Å². The largest absolute Gasteiger partial charge is 0.394 e. The summed E-state index contributed by atoms with van der Waals surface area (Å²) in [6, 6.07) is 7.50. The summed E-state index contributed by atoms with van der Waals surface area (Å²) in [6.07, 6.45) is 2.09. The van der Waals surface area contributed by atoms with Crippen LogP contribution in [0, 0.1) is 6.92 Å². The van der Waals surface area contributed by atoms with Gasteiger partial charge in [0.25, 0.3) is 0 Å². The summed E-state index contributed by atoms with van der Waals surface area (Å²) in [5.74, 6) is 0. The highest BCUT2D eigenvalue weighted by atomic mass is 35.5.